The fourth-order valence-electron chi connectivity index (χ4n) is 1.15. The molecule has 0 fully saturated rings. The standard InChI is InChI=1S/C8H10BrN3O4/c9-1-6(13)8(14)4-2-11-3-5(7(4)10)12(15)16/h2-3,6,8,13-14H,1H2,(H2,10,11). The number of nitrogen functional groups attached to an aromatic ring is 1. The quantitative estimate of drug-likeness (QED) is 0.418. The number of anilines is 1. The third kappa shape index (κ3) is 2.46. The maximum absolute atomic E-state index is 10.6. The van der Waals surface area contributed by atoms with Gasteiger partial charge in [0.15, 0.2) is 0 Å². The molecule has 0 aromatic carbocycles. The van der Waals surface area contributed by atoms with Crippen LogP contribution in [-0.4, -0.2) is 31.6 Å². The molecule has 8 heteroatoms. The Morgan fingerprint density at radius 3 is 2.69 bits per heavy atom. The third-order valence-electron chi connectivity index (χ3n) is 2.04. The van der Waals surface area contributed by atoms with Crippen LogP contribution in [0.5, 0.6) is 0 Å². The SMILES string of the molecule is Nc1c(C(O)C(O)CBr)cncc1[N+](=O)[O-]. The first-order valence-corrected chi connectivity index (χ1v) is 5.41. The van der Waals surface area contributed by atoms with Crippen molar-refractivity contribution in [3.8, 4) is 0 Å². The summed E-state index contributed by atoms with van der Waals surface area (Å²) in [4.78, 5) is 13.5. The molecule has 16 heavy (non-hydrogen) atoms. The molecule has 2 unspecified atom stereocenters. The highest BCUT2D eigenvalue weighted by Crippen LogP contribution is 2.29. The van der Waals surface area contributed by atoms with Gasteiger partial charge in [-0.25, -0.2) is 0 Å². The Labute approximate surface area is 99.2 Å². The molecule has 0 saturated heterocycles. The van der Waals surface area contributed by atoms with E-state index in [1.165, 1.54) is 6.20 Å². The van der Waals surface area contributed by atoms with Crippen LogP contribution in [0.1, 0.15) is 11.7 Å². The lowest BCUT2D eigenvalue weighted by atomic mass is 10.1. The van der Waals surface area contributed by atoms with Crippen molar-refractivity contribution in [3.05, 3.63) is 28.1 Å². The predicted octanol–water partition coefficient (Wildman–Crippen LogP) is 0.361. The average Bonchev–Trinajstić information content (AvgIpc) is 2.27. The Bertz CT molecular complexity index is 401. The van der Waals surface area contributed by atoms with Gasteiger partial charge >= 0.3 is 5.69 Å². The summed E-state index contributed by atoms with van der Waals surface area (Å²) in [5, 5.41) is 29.7. The van der Waals surface area contributed by atoms with Crippen molar-refractivity contribution < 1.29 is 15.1 Å². The monoisotopic (exact) mass is 291 g/mol. The minimum atomic E-state index is -1.31. The van der Waals surface area contributed by atoms with Gasteiger partial charge in [0, 0.05) is 17.1 Å². The van der Waals surface area contributed by atoms with Crippen LogP contribution < -0.4 is 5.73 Å². The molecule has 4 N–H and O–H groups in total. The zero-order valence-electron chi connectivity index (χ0n) is 8.08. The molecule has 1 rings (SSSR count). The van der Waals surface area contributed by atoms with Gasteiger partial charge < -0.3 is 15.9 Å². The third-order valence-corrected chi connectivity index (χ3v) is 2.70. The van der Waals surface area contributed by atoms with E-state index < -0.39 is 22.8 Å². The number of aliphatic hydroxyl groups excluding tert-OH is 2. The van der Waals surface area contributed by atoms with E-state index in [-0.39, 0.29) is 16.6 Å². The van der Waals surface area contributed by atoms with Gasteiger partial charge in [0.25, 0.3) is 0 Å². The molecule has 0 radical (unpaired) electrons. The zero-order chi connectivity index (χ0) is 12.3. The zero-order valence-corrected chi connectivity index (χ0v) is 9.66. The topological polar surface area (TPSA) is 123 Å². The molecular formula is C8H10BrN3O4. The Hall–Kier alpha value is -1.25. The highest BCUT2D eigenvalue weighted by atomic mass is 79.9. The number of aliphatic hydroxyl groups is 2. The van der Waals surface area contributed by atoms with E-state index in [1.807, 2.05) is 0 Å². The van der Waals surface area contributed by atoms with Gasteiger partial charge in [0.2, 0.25) is 0 Å². The van der Waals surface area contributed by atoms with Gasteiger partial charge in [-0.3, -0.25) is 15.1 Å². The number of nitrogens with zero attached hydrogens (tertiary/aromatic N) is 2. The van der Waals surface area contributed by atoms with Crippen molar-refractivity contribution >= 4 is 27.3 Å². The predicted molar refractivity (Wildman–Crippen MR) is 60.1 cm³/mol. The van der Waals surface area contributed by atoms with E-state index in [9.17, 15) is 20.3 Å². The van der Waals surface area contributed by atoms with E-state index in [1.54, 1.807) is 0 Å². The smallest absolute Gasteiger partial charge is 0.310 e. The first-order chi connectivity index (χ1) is 7.49. The summed E-state index contributed by atoms with van der Waals surface area (Å²) in [6, 6.07) is 0. The molecule has 0 aliphatic heterocycles. The number of hydrogen-bond acceptors (Lipinski definition) is 6. The summed E-state index contributed by atoms with van der Waals surface area (Å²) in [7, 11) is 0. The van der Waals surface area contributed by atoms with Crippen LogP contribution in [0.15, 0.2) is 12.4 Å². The molecule has 0 aliphatic carbocycles. The molecule has 1 aromatic heterocycles. The number of nitrogens with two attached hydrogens (primary N) is 1. The first-order valence-electron chi connectivity index (χ1n) is 4.29. The summed E-state index contributed by atoms with van der Waals surface area (Å²) in [5.74, 6) is 0. The number of rotatable bonds is 4. The normalized spacial score (nSPS) is 14.4. The van der Waals surface area contributed by atoms with E-state index in [0.29, 0.717) is 0 Å². The Balaban J connectivity index is 3.15. The van der Waals surface area contributed by atoms with Gasteiger partial charge in [0.05, 0.1) is 11.0 Å². The van der Waals surface area contributed by atoms with Crippen LogP contribution in [0.2, 0.25) is 0 Å². The number of hydrogen-bond donors (Lipinski definition) is 3. The van der Waals surface area contributed by atoms with Crippen LogP contribution in [0.4, 0.5) is 11.4 Å². The minimum Gasteiger partial charge on any atom is -0.393 e. The maximum Gasteiger partial charge on any atom is 0.310 e. The Morgan fingerprint density at radius 1 is 1.56 bits per heavy atom. The second-order valence-electron chi connectivity index (χ2n) is 3.09. The van der Waals surface area contributed by atoms with Crippen LogP contribution in [-0.2, 0) is 0 Å². The lowest BCUT2D eigenvalue weighted by molar-refractivity contribution is -0.384. The van der Waals surface area contributed by atoms with E-state index >= 15 is 0 Å². The minimum absolute atomic E-state index is 0.0427. The Kier molecular flexibility index (Phi) is 4.16. The molecule has 0 spiro atoms. The molecule has 0 saturated carbocycles. The van der Waals surface area contributed by atoms with Crippen molar-refractivity contribution in [2.24, 2.45) is 0 Å². The van der Waals surface area contributed by atoms with Gasteiger partial charge in [-0.2, -0.15) is 0 Å². The molecule has 7 nitrogen and oxygen atoms in total. The molecule has 0 aliphatic rings. The summed E-state index contributed by atoms with van der Waals surface area (Å²) in [6.45, 7) is 0. The molecule has 1 heterocycles. The van der Waals surface area contributed by atoms with Crippen molar-refractivity contribution in [2.75, 3.05) is 11.1 Å². The van der Waals surface area contributed by atoms with Crippen LogP contribution >= 0.6 is 15.9 Å². The van der Waals surface area contributed by atoms with Crippen LogP contribution in [0.3, 0.4) is 0 Å². The van der Waals surface area contributed by atoms with E-state index in [2.05, 4.69) is 20.9 Å². The van der Waals surface area contributed by atoms with Crippen LogP contribution in [0.25, 0.3) is 0 Å². The summed E-state index contributed by atoms with van der Waals surface area (Å²) in [5.41, 5.74) is 4.97. The maximum atomic E-state index is 10.6. The van der Waals surface area contributed by atoms with E-state index in [4.69, 9.17) is 5.73 Å². The molecule has 88 valence electrons. The summed E-state index contributed by atoms with van der Waals surface area (Å²) in [6.07, 6.45) is -0.233. The summed E-state index contributed by atoms with van der Waals surface area (Å²) < 4.78 is 0. The number of pyridine rings is 1. The number of nitro groups is 1. The molecule has 2 atom stereocenters. The fraction of sp³-hybridized carbons (Fsp3) is 0.375. The molecule has 0 bridgehead atoms. The highest BCUT2D eigenvalue weighted by molar-refractivity contribution is 9.09. The fourth-order valence-corrected chi connectivity index (χ4v) is 1.50. The van der Waals surface area contributed by atoms with Crippen molar-refractivity contribution in [1.29, 1.82) is 0 Å². The number of aromatic nitrogens is 1. The highest BCUT2D eigenvalue weighted by Gasteiger charge is 2.24. The number of alkyl halides is 1. The first kappa shape index (κ1) is 12.8. The Morgan fingerprint density at radius 2 is 2.19 bits per heavy atom. The van der Waals surface area contributed by atoms with Crippen molar-refractivity contribution in [3.63, 3.8) is 0 Å². The van der Waals surface area contributed by atoms with Gasteiger partial charge in [0.1, 0.15) is 18.0 Å². The van der Waals surface area contributed by atoms with Gasteiger partial charge in [-0.15, -0.1) is 0 Å². The largest absolute Gasteiger partial charge is 0.393 e. The average molecular weight is 292 g/mol. The molecule has 1 aromatic rings. The van der Waals surface area contributed by atoms with Crippen LogP contribution in [0, 0.1) is 10.1 Å². The lowest BCUT2D eigenvalue weighted by Crippen LogP contribution is -2.21. The lowest BCUT2D eigenvalue weighted by Gasteiger charge is -2.16. The molecular weight excluding hydrogens is 282 g/mol. The van der Waals surface area contributed by atoms with Gasteiger partial charge in [-0.05, 0) is 0 Å². The van der Waals surface area contributed by atoms with E-state index in [0.717, 1.165) is 6.20 Å². The second kappa shape index (κ2) is 5.19. The van der Waals surface area contributed by atoms with Crippen molar-refractivity contribution in [1.82, 2.24) is 4.98 Å². The number of halogens is 1. The summed E-state index contributed by atoms with van der Waals surface area (Å²) >= 11 is 2.98. The second-order valence-corrected chi connectivity index (χ2v) is 3.73. The van der Waals surface area contributed by atoms with Crippen molar-refractivity contribution in [2.45, 2.75) is 12.2 Å². The molecule has 0 amide bonds. The van der Waals surface area contributed by atoms with Gasteiger partial charge in [-0.1, -0.05) is 15.9 Å².